The number of hydrogen-bond acceptors (Lipinski definition) is 5. The lowest BCUT2D eigenvalue weighted by Crippen LogP contribution is -2.48. The molecule has 0 aromatic heterocycles. The fraction of sp³-hybridized carbons (Fsp3) is 0.667. The number of carbonyl (C=O) groups excluding carboxylic acids is 2. The monoisotopic (exact) mass is 244 g/mol. The molecule has 2 rings (SSSR count). The van der Waals surface area contributed by atoms with Crippen molar-refractivity contribution in [1.82, 2.24) is 9.80 Å². The van der Waals surface area contributed by atoms with E-state index in [4.69, 9.17) is 5.11 Å². The Kier molecular flexibility index (Phi) is 3.15. The van der Waals surface area contributed by atoms with E-state index in [-0.39, 0.29) is 24.1 Å². The highest BCUT2D eigenvalue weighted by Crippen LogP contribution is 2.29. The molecule has 2 aliphatic rings. The highest BCUT2D eigenvalue weighted by molar-refractivity contribution is 8.00. The predicted molar refractivity (Wildman–Crippen MR) is 57.2 cm³/mol. The summed E-state index contributed by atoms with van der Waals surface area (Å²) in [7, 11) is 0. The van der Waals surface area contributed by atoms with E-state index in [1.54, 1.807) is 4.90 Å². The number of aldehydes is 1. The number of rotatable bonds is 2. The molecule has 88 valence electrons. The van der Waals surface area contributed by atoms with Gasteiger partial charge in [0.05, 0.1) is 12.7 Å². The van der Waals surface area contributed by atoms with Crippen LogP contribution in [0.1, 0.15) is 6.42 Å². The van der Waals surface area contributed by atoms with Crippen LogP contribution in [-0.4, -0.2) is 63.5 Å². The predicted octanol–water partition coefficient (Wildman–Crippen LogP) is -0.161. The molecule has 7 heteroatoms. The van der Waals surface area contributed by atoms with Gasteiger partial charge in [0.15, 0.2) is 5.78 Å². The van der Waals surface area contributed by atoms with Gasteiger partial charge in [0.1, 0.15) is 11.7 Å². The van der Waals surface area contributed by atoms with E-state index in [0.29, 0.717) is 6.54 Å². The summed E-state index contributed by atoms with van der Waals surface area (Å²) in [6.45, 7) is 0.586. The van der Waals surface area contributed by atoms with Gasteiger partial charge in [-0.2, -0.15) is 0 Å². The van der Waals surface area contributed by atoms with Gasteiger partial charge in [0, 0.05) is 18.7 Å². The van der Waals surface area contributed by atoms with Gasteiger partial charge < -0.3 is 9.90 Å². The number of likely N-dealkylation sites (tertiary alicyclic amines) is 1. The van der Waals surface area contributed by atoms with Gasteiger partial charge in [-0.15, -0.1) is 11.8 Å². The zero-order valence-electron chi connectivity index (χ0n) is 8.54. The van der Waals surface area contributed by atoms with Crippen LogP contribution in [-0.2, 0) is 9.59 Å². The van der Waals surface area contributed by atoms with Gasteiger partial charge in [-0.25, -0.2) is 4.79 Å². The number of carboxylic acid groups (broad SMARTS) is 1. The molecule has 0 aromatic rings. The zero-order chi connectivity index (χ0) is 11.7. The first kappa shape index (κ1) is 11.4. The summed E-state index contributed by atoms with van der Waals surface area (Å²) in [5, 5.41) is 8.65. The average Bonchev–Trinajstić information content (AvgIpc) is 2.82. The number of carbonyl (C=O) groups is 3. The molecule has 1 N–H and O–H groups in total. The second-order valence-electron chi connectivity index (χ2n) is 3.77. The highest BCUT2D eigenvalue weighted by Gasteiger charge is 2.42. The molecule has 2 aliphatic heterocycles. The summed E-state index contributed by atoms with van der Waals surface area (Å²) in [5.41, 5.74) is 0. The number of hydrogen-bond donors (Lipinski definition) is 1. The maximum Gasteiger partial charge on any atom is 0.408 e. The Bertz CT molecular complexity index is 335. The maximum atomic E-state index is 11.3. The number of Topliss-reactive ketones (excluding diaryl/α,β-unsaturated/α-hetero) is 1. The van der Waals surface area contributed by atoms with Gasteiger partial charge in [-0.1, -0.05) is 0 Å². The number of amides is 1. The first-order chi connectivity index (χ1) is 7.63. The van der Waals surface area contributed by atoms with Crippen LogP contribution in [0.3, 0.4) is 0 Å². The molecule has 2 fully saturated rings. The summed E-state index contributed by atoms with van der Waals surface area (Å²) < 4.78 is 0. The third-order valence-corrected chi connectivity index (χ3v) is 3.97. The smallest absolute Gasteiger partial charge is 0.408 e. The van der Waals surface area contributed by atoms with Crippen LogP contribution in [0, 0.1) is 0 Å². The quantitative estimate of drug-likeness (QED) is 0.680. The third-order valence-electron chi connectivity index (χ3n) is 2.83. The molecule has 2 saturated heterocycles. The number of nitrogens with zero attached hydrogens (tertiary/aromatic N) is 2. The summed E-state index contributed by atoms with van der Waals surface area (Å²) in [6, 6.07) is 0. The Balaban J connectivity index is 2.15. The van der Waals surface area contributed by atoms with Crippen molar-refractivity contribution in [2.75, 3.05) is 18.8 Å². The fourth-order valence-corrected chi connectivity index (χ4v) is 3.18. The summed E-state index contributed by atoms with van der Waals surface area (Å²) >= 11 is 1.48. The van der Waals surface area contributed by atoms with Crippen molar-refractivity contribution in [1.29, 1.82) is 0 Å². The fourth-order valence-electron chi connectivity index (χ4n) is 2.10. The van der Waals surface area contributed by atoms with E-state index in [2.05, 4.69) is 0 Å². The van der Waals surface area contributed by atoms with Crippen molar-refractivity contribution >= 4 is 29.9 Å². The molecule has 6 nitrogen and oxygen atoms in total. The Hall–Kier alpha value is -1.08. The van der Waals surface area contributed by atoms with E-state index < -0.39 is 12.3 Å². The van der Waals surface area contributed by atoms with Crippen LogP contribution in [0.4, 0.5) is 4.79 Å². The van der Waals surface area contributed by atoms with Crippen LogP contribution >= 0.6 is 11.8 Å². The highest BCUT2D eigenvalue weighted by atomic mass is 32.2. The van der Waals surface area contributed by atoms with Crippen LogP contribution in [0.2, 0.25) is 0 Å². The molecular formula is C9H12N2O4S. The summed E-state index contributed by atoms with van der Waals surface area (Å²) in [4.78, 5) is 36.0. The normalized spacial score (nSPS) is 31.0. The minimum atomic E-state index is -1.10. The summed E-state index contributed by atoms with van der Waals surface area (Å²) in [5.74, 6) is 0.704. The molecule has 1 unspecified atom stereocenters. The van der Waals surface area contributed by atoms with Crippen molar-refractivity contribution in [2.24, 2.45) is 0 Å². The molecule has 0 spiro atoms. The Morgan fingerprint density at radius 1 is 1.56 bits per heavy atom. The molecule has 0 aliphatic carbocycles. The largest absolute Gasteiger partial charge is 0.465 e. The standard InChI is InChI=1S/C9H12N2O4S/c12-5-8-10(1-2-16-8)7-3-6(13)4-11(7)9(14)15/h5,7-8H,1-4H2,(H,14,15)/t7-,8?/m1/s1. The molecule has 0 radical (unpaired) electrons. The minimum Gasteiger partial charge on any atom is -0.465 e. The average molecular weight is 244 g/mol. The molecule has 2 atom stereocenters. The Labute approximate surface area is 96.6 Å². The van der Waals surface area contributed by atoms with Gasteiger partial charge in [-0.3, -0.25) is 14.6 Å². The lowest BCUT2D eigenvalue weighted by Gasteiger charge is -2.31. The van der Waals surface area contributed by atoms with Crippen LogP contribution < -0.4 is 0 Å². The minimum absolute atomic E-state index is 0.0628. The van der Waals surface area contributed by atoms with Gasteiger partial charge in [-0.05, 0) is 0 Å². The maximum absolute atomic E-state index is 11.3. The molecule has 0 aromatic carbocycles. The second kappa shape index (κ2) is 4.42. The zero-order valence-corrected chi connectivity index (χ0v) is 9.35. The van der Waals surface area contributed by atoms with Crippen molar-refractivity contribution < 1.29 is 19.5 Å². The van der Waals surface area contributed by atoms with E-state index >= 15 is 0 Å². The van der Waals surface area contributed by atoms with Crippen LogP contribution in [0.15, 0.2) is 0 Å². The Morgan fingerprint density at radius 3 is 2.94 bits per heavy atom. The second-order valence-corrected chi connectivity index (χ2v) is 4.99. The lowest BCUT2D eigenvalue weighted by atomic mass is 10.3. The van der Waals surface area contributed by atoms with Crippen molar-refractivity contribution in [3.05, 3.63) is 0 Å². The van der Waals surface area contributed by atoms with E-state index in [1.807, 2.05) is 0 Å². The van der Waals surface area contributed by atoms with Crippen molar-refractivity contribution in [3.63, 3.8) is 0 Å². The molecule has 0 bridgehead atoms. The van der Waals surface area contributed by atoms with Crippen LogP contribution in [0.25, 0.3) is 0 Å². The van der Waals surface area contributed by atoms with E-state index in [0.717, 1.165) is 16.9 Å². The van der Waals surface area contributed by atoms with Gasteiger partial charge in [0.25, 0.3) is 0 Å². The molecule has 16 heavy (non-hydrogen) atoms. The third kappa shape index (κ3) is 1.92. The molecule has 1 amide bonds. The first-order valence-corrected chi connectivity index (χ1v) is 6.02. The number of thioether (sulfide) groups is 1. The van der Waals surface area contributed by atoms with Crippen molar-refractivity contribution in [3.8, 4) is 0 Å². The van der Waals surface area contributed by atoms with Crippen LogP contribution in [0.5, 0.6) is 0 Å². The summed E-state index contributed by atoms with van der Waals surface area (Å²) in [6.07, 6.45) is -0.565. The number of ketones is 1. The first-order valence-electron chi connectivity index (χ1n) is 4.97. The van der Waals surface area contributed by atoms with Gasteiger partial charge in [0.2, 0.25) is 0 Å². The Morgan fingerprint density at radius 2 is 2.31 bits per heavy atom. The van der Waals surface area contributed by atoms with Crippen molar-refractivity contribution in [2.45, 2.75) is 18.0 Å². The van der Waals surface area contributed by atoms with Gasteiger partial charge >= 0.3 is 6.09 Å². The SMILES string of the molecule is O=CC1SCCN1[C@H]1CC(=O)CN1C(=O)O. The topological polar surface area (TPSA) is 77.9 Å². The molecule has 0 saturated carbocycles. The van der Waals surface area contributed by atoms with E-state index in [9.17, 15) is 14.4 Å². The lowest BCUT2D eigenvalue weighted by molar-refractivity contribution is -0.117. The molecular weight excluding hydrogens is 232 g/mol. The molecule has 2 heterocycles. The van der Waals surface area contributed by atoms with E-state index in [1.165, 1.54) is 11.8 Å².